The van der Waals surface area contributed by atoms with Gasteiger partial charge in [-0.25, -0.2) is 0 Å². The summed E-state index contributed by atoms with van der Waals surface area (Å²) in [5.74, 6) is -1.44. The number of quaternary nitrogens is 1. The molecule has 0 aromatic carbocycles. The van der Waals surface area contributed by atoms with E-state index in [9.17, 15) is 9.90 Å². The van der Waals surface area contributed by atoms with Gasteiger partial charge in [-0.1, -0.05) is 0 Å². The molecule has 0 aromatic rings. The van der Waals surface area contributed by atoms with Crippen LogP contribution in [0.25, 0.3) is 0 Å². The molecule has 14 heavy (non-hydrogen) atoms. The molecular weight excluding hydrogens is 186 g/mol. The maximum atomic E-state index is 10.1. The van der Waals surface area contributed by atoms with Crippen molar-refractivity contribution in [2.45, 2.75) is 6.92 Å². The van der Waals surface area contributed by atoms with Crippen LogP contribution in [0.2, 0.25) is 0 Å². The van der Waals surface area contributed by atoms with Gasteiger partial charge < -0.3 is 24.6 Å². The highest BCUT2D eigenvalue weighted by atomic mass is 16.4. The molecule has 0 spiro atoms. The van der Waals surface area contributed by atoms with E-state index in [1.165, 1.54) is 6.92 Å². The number of hydrogen-bond donors (Lipinski definition) is 2. The second-order valence-corrected chi connectivity index (χ2v) is 4.85. The zero-order valence-electron chi connectivity index (χ0n) is 9.57. The van der Waals surface area contributed by atoms with Gasteiger partial charge in [0.2, 0.25) is 0 Å². The van der Waals surface area contributed by atoms with Crippen molar-refractivity contribution >= 4 is 5.97 Å². The van der Waals surface area contributed by atoms with E-state index in [2.05, 4.69) is 28.2 Å². The van der Waals surface area contributed by atoms with Crippen LogP contribution in [0, 0.1) is 5.41 Å². The van der Waals surface area contributed by atoms with Gasteiger partial charge in [0.25, 0.3) is 0 Å². The molecule has 2 N–H and O–H groups in total. The van der Waals surface area contributed by atoms with E-state index in [0.717, 1.165) is 4.48 Å². The minimum absolute atomic E-state index is 0.605. The van der Waals surface area contributed by atoms with Gasteiger partial charge in [0.15, 0.2) is 0 Å². The minimum atomic E-state index is -1.50. The first-order chi connectivity index (χ1) is 6.06. The second-order valence-electron chi connectivity index (χ2n) is 4.85. The molecular formula is C9H21NO4. The van der Waals surface area contributed by atoms with E-state index in [1.54, 1.807) is 0 Å². The molecule has 0 aromatic heterocycles. The lowest BCUT2D eigenvalue weighted by molar-refractivity contribution is -0.849. The zero-order valence-corrected chi connectivity index (χ0v) is 9.57. The highest BCUT2D eigenvalue weighted by Crippen LogP contribution is 2.11. The third-order valence-electron chi connectivity index (χ3n) is 1.19. The second kappa shape index (κ2) is 5.95. The quantitative estimate of drug-likeness (QED) is 0.527. The predicted molar refractivity (Wildman–Crippen MR) is 51.2 cm³/mol. The lowest BCUT2D eigenvalue weighted by Crippen LogP contribution is -2.45. The van der Waals surface area contributed by atoms with E-state index in [4.69, 9.17) is 10.2 Å². The molecule has 5 nitrogen and oxygen atoms in total. The Morgan fingerprint density at radius 3 is 1.43 bits per heavy atom. The first-order valence-corrected chi connectivity index (χ1v) is 4.29. The molecule has 0 saturated carbocycles. The Labute approximate surface area is 85.2 Å². The summed E-state index contributed by atoms with van der Waals surface area (Å²) in [6, 6.07) is 0. The van der Waals surface area contributed by atoms with E-state index >= 15 is 0 Å². The first kappa shape index (κ1) is 15.8. The topological polar surface area (TPSA) is 80.6 Å². The Morgan fingerprint density at radius 2 is 1.43 bits per heavy atom. The van der Waals surface area contributed by atoms with E-state index in [-0.39, 0.29) is 0 Å². The van der Waals surface area contributed by atoms with Crippen LogP contribution in [0.3, 0.4) is 0 Å². The van der Waals surface area contributed by atoms with Crippen LogP contribution in [0.5, 0.6) is 0 Å². The Morgan fingerprint density at radius 1 is 1.21 bits per heavy atom. The van der Waals surface area contributed by atoms with Crippen molar-refractivity contribution in [2.75, 3.05) is 41.4 Å². The van der Waals surface area contributed by atoms with Crippen LogP contribution in [-0.4, -0.2) is 62.1 Å². The molecule has 0 aliphatic rings. The summed E-state index contributed by atoms with van der Waals surface area (Å²) in [6.07, 6.45) is 0. The standard InChI is InChI=1S/C5H10O4.C4H12N/c1-5(2-6,3-7)4(8)9;1-5(2,3)4/h6-7H,2-3H2,1H3,(H,8,9);1-4H3/q;+1/p-1. The van der Waals surface area contributed by atoms with E-state index in [1.807, 2.05) is 0 Å². The summed E-state index contributed by atoms with van der Waals surface area (Å²) in [5.41, 5.74) is -1.50. The first-order valence-electron chi connectivity index (χ1n) is 4.29. The number of rotatable bonds is 3. The van der Waals surface area contributed by atoms with E-state index in [0.29, 0.717) is 0 Å². The van der Waals surface area contributed by atoms with Crippen LogP contribution in [0.15, 0.2) is 0 Å². The van der Waals surface area contributed by atoms with Gasteiger partial charge in [0.05, 0.1) is 52.8 Å². The van der Waals surface area contributed by atoms with Gasteiger partial charge in [-0.15, -0.1) is 0 Å². The van der Waals surface area contributed by atoms with Gasteiger partial charge in [-0.3, -0.25) is 0 Å². The van der Waals surface area contributed by atoms with Crippen molar-refractivity contribution in [2.24, 2.45) is 5.41 Å². The van der Waals surface area contributed by atoms with Crippen molar-refractivity contribution in [3.05, 3.63) is 0 Å². The number of aliphatic carboxylic acids is 1. The minimum Gasteiger partial charge on any atom is -0.549 e. The third kappa shape index (κ3) is 9.44. The number of carbonyl (C=O) groups is 1. The molecule has 0 fully saturated rings. The fourth-order valence-corrected chi connectivity index (χ4v) is 0.179. The average Bonchev–Trinajstić information content (AvgIpc) is 1.99. The van der Waals surface area contributed by atoms with Crippen molar-refractivity contribution in [3.63, 3.8) is 0 Å². The molecule has 0 atom stereocenters. The van der Waals surface area contributed by atoms with Gasteiger partial charge in [-0.05, 0) is 6.92 Å². The monoisotopic (exact) mass is 207 g/mol. The van der Waals surface area contributed by atoms with Gasteiger partial charge >= 0.3 is 0 Å². The Balaban J connectivity index is 0. The summed E-state index contributed by atoms with van der Waals surface area (Å²) in [7, 11) is 8.50. The van der Waals surface area contributed by atoms with Crippen LogP contribution >= 0.6 is 0 Å². The van der Waals surface area contributed by atoms with Crippen LogP contribution in [0.4, 0.5) is 0 Å². The van der Waals surface area contributed by atoms with Gasteiger partial charge in [-0.2, -0.15) is 0 Å². The maximum Gasteiger partial charge on any atom is 0.0675 e. The molecule has 0 aliphatic heterocycles. The number of aliphatic hydroxyl groups excluding tert-OH is 2. The summed E-state index contributed by atoms with van der Waals surface area (Å²) < 4.78 is 1.00. The number of carboxylic acids is 1. The third-order valence-corrected chi connectivity index (χ3v) is 1.19. The molecule has 0 radical (unpaired) electrons. The number of nitrogens with zero attached hydrogens (tertiary/aromatic N) is 1. The molecule has 0 heterocycles. The van der Waals surface area contributed by atoms with Gasteiger partial charge in [0, 0.05) is 0 Å². The number of aliphatic hydroxyl groups is 2. The molecule has 86 valence electrons. The maximum absolute atomic E-state index is 10.1. The molecule has 0 saturated heterocycles. The number of carboxylic acid groups (broad SMARTS) is 1. The smallest absolute Gasteiger partial charge is 0.0675 e. The normalized spacial score (nSPS) is 11.6. The van der Waals surface area contributed by atoms with E-state index < -0.39 is 24.6 Å². The highest BCUT2D eigenvalue weighted by Gasteiger charge is 2.23. The molecule has 0 aliphatic carbocycles. The SMILES string of the molecule is CC(CO)(CO)C(=O)[O-].C[N+](C)(C)C. The lowest BCUT2D eigenvalue weighted by Gasteiger charge is -2.24. The molecule has 0 bridgehead atoms. The summed E-state index contributed by atoms with van der Waals surface area (Å²) >= 11 is 0. The highest BCUT2D eigenvalue weighted by molar-refractivity contribution is 5.72. The molecule has 0 amide bonds. The lowest BCUT2D eigenvalue weighted by atomic mass is 9.94. The molecule has 0 rings (SSSR count). The predicted octanol–water partition coefficient (Wildman–Crippen LogP) is -1.95. The summed E-state index contributed by atoms with van der Waals surface area (Å²) in [6.45, 7) is -0.000000000000000666. The van der Waals surface area contributed by atoms with Crippen molar-refractivity contribution in [1.82, 2.24) is 0 Å². The van der Waals surface area contributed by atoms with Crippen LogP contribution in [0.1, 0.15) is 6.92 Å². The number of carbonyl (C=O) groups excluding carboxylic acids is 1. The van der Waals surface area contributed by atoms with Crippen molar-refractivity contribution in [1.29, 1.82) is 0 Å². The molecule has 5 heteroatoms. The Kier molecular flexibility index (Phi) is 6.72. The fourth-order valence-electron chi connectivity index (χ4n) is 0.179. The van der Waals surface area contributed by atoms with Crippen molar-refractivity contribution < 1.29 is 24.6 Å². The zero-order chi connectivity index (χ0) is 12.0. The fraction of sp³-hybridized carbons (Fsp3) is 0.889. The summed E-state index contributed by atoms with van der Waals surface area (Å²) in [4.78, 5) is 10.1. The van der Waals surface area contributed by atoms with Crippen LogP contribution in [-0.2, 0) is 4.79 Å². The average molecular weight is 207 g/mol. The van der Waals surface area contributed by atoms with Gasteiger partial charge in [0.1, 0.15) is 0 Å². The Hall–Kier alpha value is -0.650. The molecule has 0 unspecified atom stereocenters. The Bertz CT molecular complexity index is 164. The largest absolute Gasteiger partial charge is 0.549 e. The van der Waals surface area contributed by atoms with Crippen LogP contribution < -0.4 is 5.11 Å². The summed E-state index contributed by atoms with van der Waals surface area (Å²) in [5, 5.41) is 26.8. The number of hydrogen-bond acceptors (Lipinski definition) is 4. The van der Waals surface area contributed by atoms with Crippen molar-refractivity contribution in [3.8, 4) is 0 Å².